The maximum Gasteiger partial charge on any atom is 0.137 e. The summed E-state index contributed by atoms with van der Waals surface area (Å²) in [6.07, 6.45) is 6.43. The van der Waals surface area contributed by atoms with Gasteiger partial charge in [-0.15, -0.1) is 11.6 Å². The molecule has 2 rings (SSSR count). The van der Waals surface area contributed by atoms with Crippen molar-refractivity contribution in [3.05, 3.63) is 28.8 Å². The van der Waals surface area contributed by atoms with E-state index in [4.69, 9.17) is 27.9 Å². The Bertz CT molecular complexity index is 372. The average Bonchev–Trinajstić information content (AvgIpc) is 2.81. The Labute approximate surface area is 113 Å². The average molecular weight is 273 g/mol. The molecule has 0 saturated heterocycles. The molecule has 94 valence electrons. The minimum atomic E-state index is 0.0708. The second kappa shape index (κ2) is 5.97. The van der Waals surface area contributed by atoms with Gasteiger partial charge in [-0.2, -0.15) is 0 Å². The van der Waals surface area contributed by atoms with E-state index >= 15 is 0 Å². The Kier molecular flexibility index (Phi) is 4.58. The molecule has 3 heteroatoms. The molecule has 1 atom stereocenters. The second-order valence-electron chi connectivity index (χ2n) is 4.75. The van der Waals surface area contributed by atoms with E-state index in [9.17, 15) is 0 Å². The standard InChI is InChI=1S/C14H18Cl2O/c1-17-14-7-6-11(9-13(14)16)12(15)8-10-4-2-3-5-10/h6-7,9-10,12H,2-5,8H2,1H3. The molecule has 1 aliphatic rings. The molecule has 0 bridgehead atoms. The lowest BCUT2D eigenvalue weighted by atomic mass is 9.98. The maximum absolute atomic E-state index is 6.45. The van der Waals surface area contributed by atoms with Crippen LogP contribution in [0.4, 0.5) is 0 Å². The van der Waals surface area contributed by atoms with Crippen molar-refractivity contribution in [3.8, 4) is 5.75 Å². The molecular formula is C14H18Cl2O. The molecule has 0 radical (unpaired) electrons. The third kappa shape index (κ3) is 3.29. The fraction of sp³-hybridized carbons (Fsp3) is 0.571. The van der Waals surface area contributed by atoms with Gasteiger partial charge in [0.1, 0.15) is 5.75 Å². The first-order chi connectivity index (χ1) is 8.20. The first-order valence-electron chi connectivity index (χ1n) is 6.18. The van der Waals surface area contributed by atoms with Crippen LogP contribution in [0.2, 0.25) is 5.02 Å². The molecule has 17 heavy (non-hydrogen) atoms. The van der Waals surface area contributed by atoms with Crippen LogP contribution in [0.5, 0.6) is 5.75 Å². The van der Waals surface area contributed by atoms with Crippen molar-refractivity contribution in [1.82, 2.24) is 0 Å². The fourth-order valence-electron chi connectivity index (χ4n) is 2.55. The molecule has 1 nitrogen and oxygen atoms in total. The van der Waals surface area contributed by atoms with Gasteiger partial charge in [0.25, 0.3) is 0 Å². The number of hydrogen-bond donors (Lipinski definition) is 0. The van der Waals surface area contributed by atoms with Gasteiger partial charge in [-0.05, 0) is 30.0 Å². The van der Waals surface area contributed by atoms with Crippen molar-refractivity contribution in [2.75, 3.05) is 7.11 Å². The van der Waals surface area contributed by atoms with Crippen LogP contribution in [0.3, 0.4) is 0 Å². The lowest BCUT2D eigenvalue weighted by molar-refractivity contribution is 0.414. The number of ether oxygens (including phenoxy) is 1. The molecule has 0 heterocycles. The summed E-state index contributed by atoms with van der Waals surface area (Å²) in [6.45, 7) is 0. The highest BCUT2D eigenvalue weighted by atomic mass is 35.5. The summed E-state index contributed by atoms with van der Waals surface area (Å²) < 4.78 is 5.14. The highest BCUT2D eigenvalue weighted by molar-refractivity contribution is 6.32. The normalized spacial score (nSPS) is 18.3. The van der Waals surface area contributed by atoms with E-state index in [1.165, 1.54) is 25.7 Å². The molecule has 1 unspecified atom stereocenters. The second-order valence-corrected chi connectivity index (χ2v) is 5.68. The van der Waals surface area contributed by atoms with Gasteiger partial charge in [-0.3, -0.25) is 0 Å². The van der Waals surface area contributed by atoms with Gasteiger partial charge in [-0.25, -0.2) is 0 Å². The van der Waals surface area contributed by atoms with Crippen molar-refractivity contribution in [1.29, 1.82) is 0 Å². The van der Waals surface area contributed by atoms with E-state index in [1.54, 1.807) is 7.11 Å². The van der Waals surface area contributed by atoms with Crippen LogP contribution >= 0.6 is 23.2 Å². The first-order valence-corrected chi connectivity index (χ1v) is 6.99. The minimum Gasteiger partial charge on any atom is -0.495 e. The van der Waals surface area contributed by atoms with Crippen LogP contribution in [-0.4, -0.2) is 7.11 Å². The maximum atomic E-state index is 6.45. The topological polar surface area (TPSA) is 9.23 Å². The van der Waals surface area contributed by atoms with E-state index in [2.05, 4.69) is 0 Å². The molecule has 1 saturated carbocycles. The smallest absolute Gasteiger partial charge is 0.137 e. The van der Waals surface area contributed by atoms with Crippen molar-refractivity contribution in [2.45, 2.75) is 37.5 Å². The number of hydrogen-bond acceptors (Lipinski definition) is 1. The largest absolute Gasteiger partial charge is 0.495 e. The van der Waals surface area contributed by atoms with Crippen LogP contribution in [0.15, 0.2) is 18.2 Å². The fourth-order valence-corrected chi connectivity index (χ4v) is 3.21. The van der Waals surface area contributed by atoms with Crippen LogP contribution in [0.1, 0.15) is 43.0 Å². The van der Waals surface area contributed by atoms with Gasteiger partial charge in [0.05, 0.1) is 17.5 Å². The van der Waals surface area contributed by atoms with Gasteiger partial charge in [0.15, 0.2) is 0 Å². The van der Waals surface area contributed by atoms with Crippen LogP contribution in [0, 0.1) is 5.92 Å². The van der Waals surface area contributed by atoms with Gasteiger partial charge in [0, 0.05) is 0 Å². The summed E-state index contributed by atoms with van der Waals surface area (Å²) in [6, 6.07) is 5.83. The zero-order chi connectivity index (χ0) is 12.3. The third-order valence-electron chi connectivity index (χ3n) is 3.55. The zero-order valence-corrected chi connectivity index (χ0v) is 11.6. The van der Waals surface area contributed by atoms with Crippen LogP contribution in [0.25, 0.3) is 0 Å². The Morgan fingerprint density at radius 3 is 2.65 bits per heavy atom. The third-order valence-corrected chi connectivity index (χ3v) is 4.28. The molecule has 1 fully saturated rings. The number of alkyl halides is 1. The molecule has 1 aliphatic carbocycles. The van der Waals surface area contributed by atoms with Gasteiger partial charge in [-0.1, -0.05) is 43.4 Å². The summed E-state index contributed by atoms with van der Waals surface area (Å²) in [5.41, 5.74) is 1.10. The van der Waals surface area contributed by atoms with Gasteiger partial charge >= 0.3 is 0 Å². The highest BCUT2D eigenvalue weighted by Crippen LogP contribution is 2.38. The molecule has 0 spiro atoms. The predicted octanol–water partition coefficient (Wildman–Crippen LogP) is 5.21. The summed E-state index contributed by atoms with van der Waals surface area (Å²) in [7, 11) is 1.62. The molecular weight excluding hydrogens is 255 g/mol. The molecule has 0 aromatic heterocycles. The Hall–Kier alpha value is -0.400. The number of halogens is 2. The van der Waals surface area contributed by atoms with E-state index in [0.717, 1.165) is 17.9 Å². The van der Waals surface area contributed by atoms with E-state index in [0.29, 0.717) is 10.8 Å². The Morgan fingerprint density at radius 1 is 1.35 bits per heavy atom. The molecule has 0 aliphatic heterocycles. The number of methoxy groups -OCH3 is 1. The first kappa shape index (κ1) is 13.0. The van der Waals surface area contributed by atoms with Crippen molar-refractivity contribution < 1.29 is 4.74 Å². The van der Waals surface area contributed by atoms with Crippen molar-refractivity contribution in [3.63, 3.8) is 0 Å². The van der Waals surface area contributed by atoms with Crippen LogP contribution < -0.4 is 4.74 Å². The van der Waals surface area contributed by atoms with Crippen LogP contribution in [-0.2, 0) is 0 Å². The predicted molar refractivity (Wildman–Crippen MR) is 73.2 cm³/mol. The SMILES string of the molecule is COc1ccc(C(Cl)CC2CCCC2)cc1Cl. The zero-order valence-electron chi connectivity index (χ0n) is 10.1. The van der Waals surface area contributed by atoms with E-state index in [1.807, 2.05) is 18.2 Å². The van der Waals surface area contributed by atoms with Crippen molar-refractivity contribution >= 4 is 23.2 Å². The lowest BCUT2D eigenvalue weighted by Gasteiger charge is -2.15. The van der Waals surface area contributed by atoms with Crippen molar-refractivity contribution in [2.24, 2.45) is 5.92 Å². The number of benzene rings is 1. The number of rotatable bonds is 4. The Morgan fingerprint density at radius 2 is 2.06 bits per heavy atom. The quantitative estimate of drug-likeness (QED) is 0.684. The molecule has 1 aromatic rings. The Balaban J connectivity index is 2.02. The lowest BCUT2D eigenvalue weighted by Crippen LogP contribution is -2.00. The summed E-state index contributed by atoms with van der Waals surface area (Å²) >= 11 is 12.6. The molecule has 0 amide bonds. The minimum absolute atomic E-state index is 0.0708. The molecule has 0 N–H and O–H groups in total. The highest BCUT2D eigenvalue weighted by Gasteiger charge is 2.20. The van der Waals surface area contributed by atoms with E-state index < -0.39 is 0 Å². The van der Waals surface area contributed by atoms with Gasteiger partial charge < -0.3 is 4.74 Å². The summed E-state index contributed by atoms with van der Waals surface area (Å²) in [5.74, 6) is 1.50. The molecule has 1 aromatic carbocycles. The summed E-state index contributed by atoms with van der Waals surface area (Å²) in [5, 5.41) is 0.712. The van der Waals surface area contributed by atoms with E-state index in [-0.39, 0.29) is 5.38 Å². The van der Waals surface area contributed by atoms with Gasteiger partial charge in [0.2, 0.25) is 0 Å². The summed E-state index contributed by atoms with van der Waals surface area (Å²) in [4.78, 5) is 0. The monoisotopic (exact) mass is 272 g/mol.